The molecule has 3 rings (SSSR count). The molecule has 90 valence electrons. The monoisotopic (exact) mass is 237 g/mol. The molecular formula is C15H15N3. The van der Waals surface area contributed by atoms with Gasteiger partial charge in [0, 0.05) is 17.8 Å². The second kappa shape index (κ2) is 4.26. The number of nitrogens with zero attached hydrogens (tertiary/aromatic N) is 2. The largest absolute Gasteiger partial charge is 0.346 e. The maximum absolute atomic E-state index is 8.19. The fourth-order valence-electron chi connectivity index (χ4n) is 2.36. The topological polar surface area (TPSA) is 40.0 Å². The number of nitrogens with one attached hydrogen (secondary N) is 1. The van der Waals surface area contributed by atoms with Crippen LogP contribution in [0, 0.1) is 12.3 Å². The summed E-state index contributed by atoms with van der Waals surface area (Å²) in [5, 5.41) is 8.19. The summed E-state index contributed by atoms with van der Waals surface area (Å²) in [4.78, 5) is 6.56. The zero-order chi connectivity index (χ0) is 12.5. The van der Waals surface area contributed by atoms with E-state index in [-0.39, 0.29) is 0 Å². The van der Waals surface area contributed by atoms with Gasteiger partial charge in [0.05, 0.1) is 12.2 Å². The Labute approximate surface area is 107 Å². The Morgan fingerprint density at radius 2 is 2.00 bits per heavy atom. The highest BCUT2D eigenvalue weighted by molar-refractivity contribution is 6.00. The van der Waals surface area contributed by atoms with Crippen molar-refractivity contribution in [3.8, 4) is 0 Å². The van der Waals surface area contributed by atoms with Crippen LogP contribution in [-0.4, -0.2) is 15.7 Å². The van der Waals surface area contributed by atoms with Gasteiger partial charge in [-0.15, -0.1) is 0 Å². The van der Waals surface area contributed by atoms with Crippen molar-refractivity contribution in [2.45, 2.75) is 20.0 Å². The van der Waals surface area contributed by atoms with E-state index in [1.54, 1.807) is 0 Å². The van der Waals surface area contributed by atoms with E-state index in [9.17, 15) is 0 Å². The van der Waals surface area contributed by atoms with Crippen molar-refractivity contribution < 1.29 is 0 Å². The van der Waals surface area contributed by atoms with Gasteiger partial charge in [-0.3, -0.25) is 10.4 Å². The molecule has 0 amide bonds. The summed E-state index contributed by atoms with van der Waals surface area (Å²) in [5.41, 5.74) is 4.32. The first kappa shape index (κ1) is 11.0. The highest BCUT2D eigenvalue weighted by Crippen LogP contribution is 2.23. The quantitative estimate of drug-likeness (QED) is 0.872. The van der Waals surface area contributed by atoms with Crippen LogP contribution >= 0.6 is 0 Å². The number of benzene rings is 1. The van der Waals surface area contributed by atoms with Crippen LogP contribution in [0.2, 0.25) is 0 Å². The standard InChI is InChI=1S/C15H15N3/c1-11-5-4-7-13(17-11)10-18-9-12-6-2-3-8-14(12)15(18)16/h2-8,16H,9-10H2,1H3. The molecule has 3 heteroatoms. The Bertz CT molecular complexity index is 604. The smallest absolute Gasteiger partial charge is 0.129 e. The van der Waals surface area contributed by atoms with Crippen LogP contribution in [-0.2, 0) is 13.1 Å². The van der Waals surface area contributed by atoms with Gasteiger partial charge >= 0.3 is 0 Å². The van der Waals surface area contributed by atoms with E-state index in [0.29, 0.717) is 12.4 Å². The molecule has 1 aromatic carbocycles. The van der Waals surface area contributed by atoms with Crippen molar-refractivity contribution in [3.63, 3.8) is 0 Å². The van der Waals surface area contributed by atoms with E-state index in [0.717, 1.165) is 23.5 Å². The first-order chi connectivity index (χ1) is 8.74. The number of aryl methyl sites for hydroxylation is 1. The molecule has 1 aliphatic rings. The van der Waals surface area contributed by atoms with Crippen molar-refractivity contribution in [3.05, 3.63) is 65.0 Å². The summed E-state index contributed by atoms with van der Waals surface area (Å²) in [5.74, 6) is 0.605. The normalized spacial score (nSPS) is 13.8. The molecular weight excluding hydrogens is 222 g/mol. The predicted molar refractivity (Wildman–Crippen MR) is 71.5 cm³/mol. The third-order valence-corrected chi connectivity index (χ3v) is 3.25. The fourth-order valence-corrected chi connectivity index (χ4v) is 2.36. The van der Waals surface area contributed by atoms with Gasteiger partial charge in [-0.2, -0.15) is 0 Å². The molecule has 2 heterocycles. The fraction of sp³-hybridized carbons (Fsp3) is 0.200. The van der Waals surface area contributed by atoms with E-state index in [1.165, 1.54) is 5.56 Å². The van der Waals surface area contributed by atoms with E-state index in [1.807, 2.05) is 43.3 Å². The van der Waals surface area contributed by atoms with Crippen LogP contribution in [0.15, 0.2) is 42.5 Å². The number of rotatable bonds is 2. The van der Waals surface area contributed by atoms with Crippen molar-refractivity contribution in [1.82, 2.24) is 9.88 Å². The molecule has 18 heavy (non-hydrogen) atoms. The van der Waals surface area contributed by atoms with Crippen LogP contribution in [0.1, 0.15) is 22.5 Å². The molecule has 1 aromatic heterocycles. The molecule has 0 fully saturated rings. The van der Waals surface area contributed by atoms with Crippen LogP contribution in [0.5, 0.6) is 0 Å². The first-order valence-electron chi connectivity index (χ1n) is 6.08. The summed E-state index contributed by atoms with van der Waals surface area (Å²) >= 11 is 0. The van der Waals surface area contributed by atoms with Crippen molar-refractivity contribution >= 4 is 5.84 Å². The van der Waals surface area contributed by atoms with Gasteiger partial charge in [-0.05, 0) is 24.6 Å². The van der Waals surface area contributed by atoms with Crippen LogP contribution in [0.4, 0.5) is 0 Å². The molecule has 0 unspecified atom stereocenters. The highest BCUT2D eigenvalue weighted by Gasteiger charge is 2.23. The summed E-state index contributed by atoms with van der Waals surface area (Å²) in [6, 6.07) is 14.2. The average molecular weight is 237 g/mol. The third-order valence-electron chi connectivity index (χ3n) is 3.25. The summed E-state index contributed by atoms with van der Waals surface area (Å²) in [7, 11) is 0. The van der Waals surface area contributed by atoms with E-state index >= 15 is 0 Å². The van der Waals surface area contributed by atoms with Gasteiger partial charge < -0.3 is 4.90 Å². The molecule has 0 bridgehead atoms. The molecule has 0 spiro atoms. The first-order valence-corrected chi connectivity index (χ1v) is 6.08. The summed E-state index contributed by atoms with van der Waals surface area (Å²) < 4.78 is 0. The Balaban J connectivity index is 1.83. The van der Waals surface area contributed by atoms with Gasteiger partial charge in [0.15, 0.2) is 0 Å². The molecule has 0 radical (unpaired) electrons. The minimum atomic E-state index is 0.605. The second-order valence-electron chi connectivity index (χ2n) is 4.63. The summed E-state index contributed by atoms with van der Waals surface area (Å²) in [6.45, 7) is 3.51. The Morgan fingerprint density at radius 1 is 1.17 bits per heavy atom. The van der Waals surface area contributed by atoms with Gasteiger partial charge in [0.1, 0.15) is 5.84 Å². The molecule has 0 saturated carbocycles. The molecule has 2 aromatic rings. The van der Waals surface area contributed by atoms with Gasteiger partial charge in [0.25, 0.3) is 0 Å². The molecule has 1 N–H and O–H groups in total. The lowest BCUT2D eigenvalue weighted by atomic mass is 10.1. The predicted octanol–water partition coefficient (Wildman–Crippen LogP) is 2.73. The third kappa shape index (κ3) is 1.88. The number of hydrogen-bond donors (Lipinski definition) is 1. The maximum atomic E-state index is 8.19. The molecule has 0 saturated heterocycles. The van der Waals surface area contributed by atoms with E-state index in [4.69, 9.17) is 5.41 Å². The van der Waals surface area contributed by atoms with Crippen LogP contribution < -0.4 is 0 Å². The summed E-state index contributed by atoms with van der Waals surface area (Å²) in [6.07, 6.45) is 0. The second-order valence-corrected chi connectivity index (χ2v) is 4.63. The lowest BCUT2D eigenvalue weighted by Gasteiger charge is -2.17. The van der Waals surface area contributed by atoms with Crippen LogP contribution in [0.3, 0.4) is 0 Å². The Hall–Kier alpha value is -2.16. The SMILES string of the molecule is Cc1cccc(CN2Cc3ccccc3C2=N)n1. The van der Waals surface area contributed by atoms with E-state index in [2.05, 4.69) is 16.0 Å². The highest BCUT2D eigenvalue weighted by atomic mass is 15.2. The lowest BCUT2D eigenvalue weighted by molar-refractivity contribution is 0.416. The average Bonchev–Trinajstić information content (AvgIpc) is 2.67. The molecule has 0 atom stereocenters. The van der Waals surface area contributed by atoms with Gasteiger partial charge in [-0.1, -0.05) is 30.3 Å². The van der Waals surface area contributed by atoms with E-state index < -0.39 is 0 Å². The zero-order valence-corrected chi connectivity index (χ0v) is 10.4. The lowest BCUT2D eigenvalue weighted by Crippen LogP contribution is -2.23. The van der Waals surface area contributed by atoms with Crippen LogP contribution in [0.25, 0.3) is 0 Å². The zero-order valence-electron chi connectivity index (χ0n) is 10.4. The van der Waals surface area contributed by atoms with Gasteiger partial charge in [0.2, 0.25) is 0 Å². The van der Waals surface area contributed by atoms with Crippen molar-refractivity contribution in [2.75, 3.05) is 0 Å². The maximum Gasteiger partial charge on any atom is 0.129 e. The molecule has 1 aliphatic heterocycles. The number of pyridine rings is 1. The van der Waals surface area contributed by atoms with Gasteiger partial charge in [-0.25, -0.2) is 0 Å². The number of amidine groups is 1. The minimum Gasteiger partial charge on any atom is -0.346 e. The molecule has 3 nitrogen and oxygen atoms in total. The number of fused-ring (bicyclic) bond motifs is 1. The number of hydrogen-bond acceptors (Lipinski definition) is 2. The van der Waals surface area contributed by atoms with Crippen molar-refractivity contribution in [2.24, 2.45) is 0 Å². The Morgan fingerprint density at radius 3 is 2.78 bits per heavy atom. The minimum absolute atomic E-state index is 0.605. The Kier molecular flexibility index (Phi) is 2.59. The molecule has 0 aliphatic carbocycles. The van der Waals surface area contributed by atoms with Crippen molar-refractivity contribution in [1.29, 1.82) is 5.41 Å². The number of aromatic nitrogens is 1.